The summed E-state index contributed by atoms with van der Waals surface area (Å²) in [5, 5.41) is 8.69. The third kappa shape index (κ3) is 0.863. The number of Topliss-reactive ketones (excluding diaryl/α,β-unsaturated/α-hetero) is 2. The molecule has 4 nitrogen and oxygen atoms in total. The van der Waals surface area contributed by atoms with Crippen molar-refractivity contribution < 1.29 is 14.7 Å². The molecule has 0 unspecified atom stereocenters. The quantitative estimate of drug-likeness (QED) is 0.379. The highest BCUT2D eigenvalue weighted by Gasteiger charge is 2.37. The zero-order valence-corrected chi connectivity index (χ0v) is 4.70. The Bertz CT molecular complexity index is 148. The predicted molar refractivity (Wildman–Crippen MR) is 28.6 cm³/mol. The van der Waals surface area contributed by atoms with Crippen LogP contribution in [0.2, 0.25) is 0 Å². The number of rotatable bonds is 0. The van der Waals surface area contributed by atoms with Gasteiger partial charge in [0.15, 0.2) is 0 Å². The van der Waals surface area contributed by atoms with Gasteiger partial charge >= 0.3 is 0 Å². The van der Waals surface area contributed by atoms with Gasteiger partial charge < -0.3 is 10.8 Å². The summed E-state index contributed by atoms with van der Waals surface area (Å²) in [5.74, 6) is -1.40. The van der Waals surface area contributed by atoms with Crippen molar-refractivity contribution in [1.82, 2.24) is 0 Å². The highest BCUT2D eigenvalue weighted by molar-refractivity contribution is 6.42. The van der Waals surface area contributed by atoms with Crippen LogP contribution in [0.3, 0.4) is 0 Å². The van der Waals surface area contributed by atoms with Gasteiger partial charge in [-0.2, -0.15) is 0 Å². The zero-order chi connectivity index (χ0) is 7.02. The van der Waals surface area contributed by atoms with Crippen LogP contribution in [0.1, 0.15) is 6.42 Å². The molecule has 1 aliphatic carbocycles. The molecule has 0 aromatic rings. The van der Waals surface area contributed by atoms with Crippen LogP contribution < -0.4 is 5.73 Å². The van der Waals surface area contributed by atoms with Gasteiger partial charge in [0.1, 0.15) is 6.10 Å². The Kier molecular flexibility index (Phi) is 1.34. The van der Waals surface area contributed by atoms with Gasteiger partial charge in [0, 0.05) is 6.42 Å². The number of carbonyl (C=O) groups is 2. The van der Waals surface area contributed by atoms with Crippen molar-refractivity contribution in [2.75, 3.05) is 0 Å². The van der Waals surface area contributed by atoms with Gasteiger partial charge in [-0.05, 0) is 0 Å². The molecule has 1 aliphatic rings. The van der Waals surface area contributed by atoms with E-state index in [1.807, 2.05) is 0 Å². The molecule has 0 aliphatic heterocycles. The van der Waals surface area contributed by atoms with Crippen LogP contribution in [0.4, 0.5) is 0 Å². The molecule has 0 bridgehead atoms. The molecule has 50 valence electrons. The Morgan fingerprint density at radius 2 is 2.00 bits per heavy atom. The van der Waals surface area contributed by atoms with Crippen LogP contribution in [-0.4, -0.2) is 28.8 Å². The maximum absolute atomic E-state index is 10.5. The van der Waals surface area contributed by atoms with Crippen molar-refractivity contribution in [2.45, 2.75) is 18.6 Å². The minimum absolute atomic E-state index is 0.0810. The molecule has 4 heteroatoms. The number of aliphatic hydroxyl groups excluding tert-OH is 1. The van der Waals surface area contributed by atoms with Crippen molar-refractivity contribution >= 4 is 11.6 Å². The molecule has 2 atom stereocenters. The van der Waals surface area contributed by atoms with Crippen LogP contribution in [0.15, 0.2) is 0 Å². The average Bonchev–Trinajstić information content (AvgIpc) is 1.98. The molecule has 0 heterocycles. The highest BCUT2D eigenvalue weighted by atomic mass is 16.3. The van der Waals surface area contributed by atoms with Crippen LogP contribution >= 0.6 is 0 Å². The minimum atomic E-state index is -1.15. The molecule has 1 saturated carbocycles. The van der Waals surface area contributed by atoms with Crippen molar-refractivity contribution in [2.24, 2.45) is 5.73 Å². The number of nitrogens with two attached hydrogens (primary N) is 1. The van der Waals surface area contributed by atoms with E-state index in [9.17, 15) is 9.59 Å². The Morgan fingerprint density at radius 1 is 1.44 bits per heavy atom. The number of ketones is 2. The lowest BCUT2D eigenvalue weighted by Gasteiger charge is -1.93. The van der Waals surface area contributed by atoms with E-state index in [4.69, 9.17) is 10.8 Å². The van der Waals surface area contributed by atoms with E-state index in [1.54, 1.807) is 0 Å². The fraction of sp³-hybridized carbons (Fsp3) is 0.600. The molecular weight excluding hydrogens is 122 g/mol. The number of aliphatic hydroxyl groups is 1. The summed E-state index contributed by atoms with van der Waals surface area (Å²) in [6.07, 6.45) is -1.06. The molecule has 0 spiro atoms. The van der Waals surface area contributed by atoms with Gasteiger partial charge in [-0.15, -0.1) is 0 Å². The summed E-state index contributed by atoms with van der Waals surface area (Å²) < 4.78 is 0. The zero-order valence-electron chi connectivity index (χ0n) is 4.70. The number of carbonyl (C=O) groups excluding carboxylic acids is 2. The second-order valence-corrected chi connectivity index (χ2v) is 2.09. The molecule has 0 radical (unpaired) electrons. The topological polar surface area (TPSA) is 80.4 Å². The van der Waals surface area contributed by atoms with Gasteiger partial charge in [0.05, 0.1) is 6.04 Å². The Labute approximate surface area is 51.7 Å². The van der Waals surface area contributed by atoms with E-state index < -0.39 is 23.7 Å². The minimum Gasteiger partial charge on any atom is -0.385 e. The van der Waals surface area contributed by atoms with E-state index >= 15 is 0 Å². The largest absolute Gasteiger partial charge is 0.385 e. The van der Waals surface area contributed by atoms with Gasteiger partial charge in [-0.1, -0.05) is 0 Å². The first-order chi connectivity index (χ1) is 4.13. The van der Waals surface area contributed by atoms with Crippen molar-refractivity contribution in [1.29, 1.82) is 0 Å². The van der Waals surface area contributed by atoms with E-state index in [1.165, 1.54) is 0 Å². The molecular formula is C5H7NO3. The van der Waals surface area contributed by atoms with Gasteiger partial charge in [-0.3, -0.25) is 9.59 Å². The molecule has 0 amide bonds. The monoisotopic (exact) mass is 129 g/mol. The van der Waals surface area contributed by atoms with Crippen molar-refractivity contribution in [3.8, 4) is 0 Å². The smallest absolute Gasteiger partial charge is 0.228 e. The molecule has 0 saturated heterocycles. The van der Waals surface area contributed by atoms with Gasteiger partial charge in [0.25, 0.3) is 0 Å². The Hall–Kier alpha value is -0.740. The summed E-state index contributed by atoms with van der Waals surface area (Å²) in [6, 6.07) is -0.771. The SMILES string of the molecule is N[C@@H]1C[C@H](O)C(=O)C1=O. The standard InChI is InChI=1S/C5H7NO3/c6-2-1-3(7)5(9)4(2)8/h2-3,7H,1,6H2/t2-,3+/m1/s1. The molecule has 0 aromatic carbocycles. The summed E-state index contributed by atoms with van der Waals surface area (Å²) in [4.78, 5) is 20.9. The highest BCUT2D eigenvalue weighted by Crippen LogP contribution is 2.09. The van der Waals surface area contributed by atoms with Crippen LogP contribution in [0.25, 0.3) is 0 Å². The second-order valence-electron chi connectivity index (χ2n) is 2.09. The predicted octanol–water partition coefficient (Wildman–Crippen LogP) is -1.78. The fourth-order valence-electron chi connectivity index (χ4n) is 0.802. The van der Waals surface area contributed by atoms with Crippen LogP contribution in [0, 0.1) is 0 Å². The van der Waals surface area contributed by atoms with E-state index in [-0.39, 0.29) is 6.42 Å². The summed E-state index contributed by atoms with van der Waals surface area (Å²) >= 11 is 0. The molecule has 3 N–H and O–H groups in total. The van der Waals surface area contributed by atoms with Gasteiger partial charge in [0.2, 0.25) is 11.6 Å². The van der Waals surface area contributed by atoms with Crippen molar-refractivity contribution in [3.05, 3.63) is 0 Å². The van der Waals surface area contributed by atoms with Crippen LogP contribution in [-0.2, 0) is 9.59 Å². The number of hydrogen-bond acceptors (Lipinski definition) is 4. The Morgan fingerprint density at radius 3 is 2.11 bits per heavy atom. The summed E-state index contributed by atoms with van der Waals surface area (Å²) in [6.45, 7) is 0. The second kappa shape index (κ2) is 1.89. The third-order valence-electron chi connectivity index (χ3n) is 1.36. The van der Waals surface area contributed by atoms with E-state index in [2.05, 4.69) is 0 Å². The van der Waals surface area contributed by atoms with Crippen molar-refractivity contribution in [3.63, 3.8) is 0 Å². The van der Waals surface area contributed by atoms with E-state index in [0.29, 0.717) is 0 Å². The van der Waals surface area contributed by atoms with E-state index in [0.717, 1.165) is 0 Å². The Balaban J connectivity index is 2.77. The lowest BCUT2D eigenvalue weighted by molar-refractivity contribution is -0.137. The summed E-state index contributed by atoms with van der Waals surface area (Å²) in [7, 11) is 0. The fourth-order valence-corrected chi connectivity index (χ4v) is 0.802. The third-order valence-corrected chi connectivity index (χ3v) is 1.36. The maximum atomic E-state index is 10.5. The molecule has 0 aromatic heterocycles. The number of hydrogen-bond donors (Lipinski definition) is 2. The first-order valence-electron chi connectivity index (χ1n) is 2.64. The molecule has 1 fully saturated rings. The molecule has 1 rings (SSSR count). The van der Waals surface area contributed by atoms with Gasteiger partial charge in [-0.25, -0.2) is 0 Å². The lowest BCUT2D eigenvalue weighted by atomic mass is 10.2. The normalized spacial score (nSPS) is 35.8. The average molecular weight is 129 g/mol. The maximum Gasteiger partial charge on any atom is 0.228 e. The summed E-state index contributed by atoms with van der Waals surface area (Å²) in [5.41, 5.74) is 5.13. The molecule has 9 heavy (non-hydrogen) atoms. The first-order valence-corrected chi connectivity index (χ1v) is 2.64. The van der Waals surface area contributed by atoms with Crippen LogP contribution in [0.5, 0.6) is 0 Å². The lowest BCUT2D eigenvalue weighted by Crippen LogP contribution is -2.27. The first kappa shape index (κ1) is 6.38.